The van der Waals surface area contributed by atoms with Crippen molar-refractivity contribution in [2.24, 2.45) is 7.05 Å². The highest BCUT2D eigenvalue weighted by Gasteiger charge is 2.08. The number of aromatic nitrogens is 2. The molecular formula is C15H22N4. The third kappa shape index (κ3) is 2.72. The van der Waals surface area contributed by atoms with Gasteiger partial charge in [-0.25, -0.2) is 4.98 Å². The van der Waals surface area contributed by atoms with Gasteiger partial charge in [0.1, 0.15) is 0 Å². The lowest BCUT2D eigenvalue weighted by molar-refractivity contribution is 0.813. The highest BCUT2D eigenvalue weighted by Crippen LogP contribution is 2.19. The minimum absolute atomic E-state index is 0.779. The van der Waals surface area contributed by atoms with E-state index in [0.717, 1.165) is 12.5 Å². The molecule has 0 spiro atoms. The van der Waals surface area contributed by atoms with Crippen LogP contribution in [0.4, 0.5) is 11.6 Å². The molecule has 19 heavy (non-hydrogen) atoms. The lowest BCUT2D eigenvalue weighted by Gasteiger charge is -2.14. The van der Waals surface area contributed by atoms with Crippen molar-refractivity contribution in [2.45, 2.75) is 20.4 Å². The molecule has 2 rings (SSSR count). The van der Waals surface area contributed by atoms with E-state index in [1.807, 2.05) is 32.2 Å². The third-order valence-corrected chi connectivity index (χ3v) is 3.52. The molecule has 0 radical (unpaired) electrons. The first-order valence-corrected chi connectivity index (χ1v) is 6.48. The van der Waals surface area contributed by atoms with Crippen molar-refractivity contribution in [1.29, 1.82) is 0 Å². The predicted octanol–water partition coefficient (Wildman–Crippen LogP) is 2.72. The minimum Gasteiger partial charge on any atom is -0.379 e. The standard InChI is InChI=1S/C15H22N4/c1-11-7-6-8-14(12(11)2)16-9-13-10-17-15(18(3)4)19(13)5/h6-8,10,16H,9H2,1-5H3. The number of anilines is 2. The van der Waals surface area contributed by atoms with Crippen LogP contribution >= 0.6 is 0 Å². The van der Waals surface area contributed by atoms with E-state index in [0.29, 0.717) is 0 Å². The van der Waals surface area contributed by atoms with Gasteiger partial charge >= 0.3 is 0 Å². The van der Waals surface area contributed by atoms with E-state index < -0.39 is 0 Å². The summed E-state index contributed by atoms with van der Waals surface area (Å²) in [6, 6.07) is 6.33. The largest absolute Gasteiger partial charge is 0.379 e. The van der Waals surface area contributed by atoms with Crippen LogP contribution in [-0.2, 0) is 13.6 Å². The number of hydrogen-bond acceptors (Lipinski definition) is 3. The highest BCUT2D eigenvalue weighted by atomic mass is 15.3. The van der Waals surface area contributed by atoms with Crippen LogP contribution in [0.25, 0.3) is 0 Å². The maximum Gasteiger partial charge on any atom is 0.204 e. The van der Waals surface area contributed by atoms with Gasteiger partial charge in [-0.15, -0.1) is 0 Å². The van der Waals surface area contributed by atoms with Crippen molar-refractivity contribution in [2.75, 3.05) is 24.3 Å². The Kier molecular flexibility index (Phi) is 3.79. The van der Waals surface area contributed by atoms with Gasteiger partial charge in [0.25, 0.3) is 0 Å². The lowest BCUT2D eigenvalue weighted by atomic mass is 10.1. The molecule has 1 aromatic carbocycles. The SMILES string of the molecule is Cc1cccc(NCc2cnc(N(C)C)n2C)c1C. The van der Waals surface area contributed by atoms with Crippen molar-refractivity contribution in [3.8, 4) is 0 Å². The maximum atomic E-state index is 4.42. The molecule has 1 N–H and O–H groups in total. The zero-order valence-corrected chi connectivity index (χ0v) is 12.4. The molecule has 0 aliphatic carbocycles. The van der Waals surface area contributed by atoms with E-state index in [-0.39, 0.29) is 0 Å². The molecule has 0 unspecified atom stereocenters. The average molecular weight is 258 g/mol. The van der Waals surface area contributed by atoms with E-state index in [1.165, 1.54) is 22.5 Å². The molecule has 0 fully saturated rings. The van der Waals surface area contributed by atoms with E-state index in [1.54, 1.807) is 0 Å². The summed E-state index contributed by atoms with van der Waals surface area (Å²) in [7, 11) is 6.05. The number of hydrogen-bond donors (Lipinski definition) is 1. The summed E-state index contributed by atoms with van der Waals surface area (Å²) in [5, 5.41) is 3.48. The second-order valence-electron chi connectivity index (χ2n) is 5.10. The number of imidazole rings is 1. The Bertz CT molecular complexity index is 570. The second-order valence-corrected chi connectivity index (χ2v) is 5.10. The Balaban J connectivity index is 2.13. The summed E-state index contributed by atoms with van der Waals surface area (Å²) in [6.07, 6.45) is 1.92. The summed E-state index contributed by atoms with van der Waals surface area (Å²) in [5.41, 5.74) is 4.97. The van der Waals surface area contributed by atoms with Gasteiger partial charge in [0.15, 0.2) is 0 Å². The molecule has 0 saturated heterocycles. The zero-order chi connectivity index (χ0) is 14.0. The van der Waals surface area contributed by atoms with Gasteiger partial charge in [-0.3, -0.25) is 0 Å². The summed E-state index contributed by atoms with van der Waals surface area (Å²) in [4.78, 5) is 6.43. The molecule has 0 aliphatic heterocycles. The first kappa shape index (κ1) is 13.5. The Labute approximate surface area is 115 Å². The average Bonchev–Trinajstić information content (AvgIpc) is 2.73. The van der Waals surface area contributed by atoms with Crippen molar-refractivity contribution in [3.63, 3.8) is 0 Å². The molecule has 4 heteroatoms. The van der Waals surface area contributed by atoms with Crippen molar-refractivity contribution < 1.29 is 0 Å². The van der Waals surface area contributed by atoms with Crippen molar-refractivity contribution in [3.05, 3.63) is 41.2 Å². The van der Waals surface area contributed by atoms with E-state index in [4.69, 9.17) is 0 Å². The Morgan fingerprint density at radius 1 is 1.26 bits per heavy atom. The molecular weight excluding hydrogens is 236 g/mol. The Hall–Kier alpha value is -1.97. The van der Waals surface area contributed by atoms with Gasteiger partial charge in [0, 0.05) is 26.8 Å². The smallest absolute Gasteiger partial charge is 0.204 e. The zero-order valence-electron chi connectivity index (χ0n) is 12.4. The maximum absolute atomic E-state index is 4.42. The second kappa shape index (κ2) is 5.34. The predicted molar refractivity (Wildman–Crippen MR) is 80.8 cm³/mol. The molecule has 102 valence electrons. The number of aryl methyl sites for hydroxylation is 1. The molecule has 2 aromatic rings. The van der Waals surface area contributed by atoms with Crippen LogP contribution in [0.2, 0.25) is 0 Å². The van der Waals surface area contributed by atoms with Crippen LogP contribution in [0.3, 0.4) is 0 Å². The topological polar surface area (TPSA) is 33.1 Å². The molecule has 0 saturated carbocycles. The molecule has 1 aromatic heterocycles. The monoisotopic (exact) mass is 258 g/mol. The molecule has 0 bridgehead atoms. The Morgan fingerprint density at radius 2 is 2.00 bits per heavy atom. The number of rotatable bonds is 4. The molecule has 0 aliphatic rings. The number of benzene rings is 1. The van der Waals surface area contributed by atoms with Crippen LogP contribution in [-0.4, -0.2) is 23.6 Å². The van der Waals surface area contributed by atoms with Crippen LogP contribution in [0.1, 0.15) is 16.8 Å². The summed E-state index contributed by atoms with van der Waals surface area (Å²) < 4.78 is 2.11. The normalized spacial score (nSPS) is 10.6. The van der Waals surface area contributed by atoms with Gasteiger partial charge < -0.3 is 14.8 Å². The Morgan fingerprint density at radius 3 is 2.63 bits per heavy atom. The lowest BCUT2D eigenvalue weighted by Crippen LogP contribution is -2.15. The third-order valence-electron chi connectivity index (χ3n) is 3.52. The molecule has 1 heterocycles. The van der Waals surface area contributed by atoms with E-state index in [9.17, 15) is 0 Å². The molecule has 4 nitrogen and oxygen atoms in total. The van der Waals surface area contributed by atoms with Gasteiger partial charge in [-0.1, -0.05) is 12.1 Å². The number of nitrogens with one attached hydrogen (secondary N) is 1. The van der Waals surface area contributed by atoms with Crippen molar-refractivity contribution in [1.82, 2.24) is 9.55 Å². The summed E-state index contributed by atoms with van der Waals surface area (Å²) in [6.45, 7) is 5.06. The first-order chi connectivity index (χ1) is 9.00. The van der Waals surface area contributed by atoms with E-state index >= 15 is 0 Å². The minimum atomic E-state index is 0.779. The van der Waals surface area contributed by atoms with Gasteiger partial charge in [-0.05, 0) is 31.0 Å². The van der Waals surface area contributed by atoms with Crippen molar-refractivity contribution >= 4 is 11.6 Å². The summed E-state index contributed by atoms with van der Waals surface area (Å²) in [5.74, 6) is 0.970. The fraction of sp³-hybridized carbons (Fsp3) is 0.400. The van der Waals surface area contributed by atoms with Gasteiger partial charge in [0.05, 0.1) is 18.4 Å². The van der Waals surface area contributed by atoms with E-state index in [2.05, 4.69) is 46.9 Å². The molecule has 0 amide bonds. The van der Waals surface area contributed by atoms with Crippen LogP contribution in [0.15, 0.2) is 24.4 Å². The molecule has 0 atom stereocenters. The number of nitrogens with zero attached hydrogens (tertiary/aromatic N) is 3. The highest BCUT2D eigenvalue weighted by molar-refractivity contribution is 5.53. The van der Waals surface area contributed by atoms with Crippen LogP contribution < -0.4 is 10.2 Å². The van der Waals surface area contributed by atoms with Gasteiger partial charge in [0.2, 0.25) is 5.95 Å². The van der Waals surface area contributed by atoms with Gasteiger partial charge in [-0.2, -0.15) is 0 Å². The first-order valence-electron chi connectivity index (χ1n) is 6.48. The van der Waals surface area contributed by atoms with Crippen LogP contribution in [0, 0.1) is 13.8 Å². The fourth-order valence-electron chi connectivity index (χ4n) is 2.14. The fourth-order valence-corrected chi connectivity index (χ4v) is 2.14. The summed E-state index contributed by atoms with van der Waals surface area (Å²) >= 11 is 0. The quantitative estimate of drug-likeness (QED) is 0.915. The van der Waals surface area contributed by atoms with Crippen LogP contribution in [0.5, 0.6) is 0 Å².